The van der Waals surface area contributed by atoms with Gasteiger partial charge in [-0.2, -0.15) is 0 Å². The van der Waals surface area contributed by atoms with Gasteiger partial charge >= 0.3 is 0 Å². The number of nitrogens with one attached hydrogen (secondary N) is 1. The molecule has 1 atom stereocenters. The third-order valence-corrected chi connectivity index (χ3v) is 2.85. The summed E-state index contributed by atoms with van der Waals surface area (Å²) < 4.78 is 5.08. The first-order valence-electron chi connectivity index (χ1n) is 6.03. The van der Waals surface area contributed by atoms with E-state index in [2.05, 4.69) is 43.4 Å². The van der Waals surface area contributed by atoms with Crippen molar-refractivity contribution in [2.45, 2.75) is 33.4 Å². The molecule has 1 N–H and O–H groups in total. The lowest BCUT2D eigenvalue weighted by Crippen LogP contribution is -2.20. The molecule has 1 aromatic rings. The molecule has 0 aromatic heterocycles. The molecular formula is C14H23NO. The monoisotopic (exact) mass is 221 g/mol. The van der Waals surface area contributed by atoms with Crippen LogP contribution in [0.2, 0.25) is 0 Å². The van der Waals surface area contributed by atoms with Crippen molar-refractivity contribution >= 4 is 0 Å². The van der Waals surface area contributed by atoms with Crippen LogP contribution in [0.3, 0.4) is 0 Å². The third-order valence-electron chi connectivity index (χ3n) is 2.85. The first-order chi connectivity index (χ1) is 7.76. The summed E-state index contributed by atoms with van der Waals surface area (Å²) in [5.74, 6) is 0.757. The molecule has 0 aliphatic heterocycles. The molecule has 1 unspecified atom stereocenters. The summed E-state index contributed by atoms with van der Waals surface area (Å²) in [5, 5.41) is 3.47. The molecule has 0 aliphatic rings. The fraction of sp³-hybridized carbons (Fsp3) is 0.571. The van der Waals surface area contributed by atoms with E-state index in [1.54, 1.807) is 7.11 Å². The van der Waals surface area contributed by atoms with Crippen molar-refractivity contribution in [3.63, 3.8) is 0 Å². The Labute approximate surface area is 99.0 Å². The molecule has 0 bridgehead atoms. The van der Waals surface area contributed by atoms with E-state index in [-0.39, 0.29) is 0 Å². The van der Waals surface area contributed by atoms with E-state index in [9.17, 15) is 0 Å². The van der Waals surface area contributed by atoms with Crippen LogP contribution in [0.5, 0.6) is 0 Å². The smallest absolute Gasteiger partial charge is 0.0713 e. The minimum atomic E-state index is 0.695. The quantitative estimate of drug-likeness (QED) is 0.764. The van der Waals surface area contributed by atoms with Gasteiger partial charge in [-0.05, 0) is 23.6 Å². The van der Waals surface area contributed by atoms with E-state index in [0.29, 0.717) is 6.61 Å². The lowest BCUT2D eigenvalue weighted by Gasteiger charge is -2.10. The summed E-state index contributed by atoms with van der Waals surface area (Å²) in [6.07, 6.45) is 1.24. The lowest BCUT2D eigenvalue weighted by molar-refractivity contribution is 0.185. The first-order valence-corrected chi connectivity index (χ1v) is 6.03. The van der Waals surface area contributed by atoms with Crippen LogP contribution in [0.4, 0.5) is 0 Å². The van der Waals surface area contributed by atoms with E-state index in [0.717, 1.165) is 19.0 Å². The summed E-state index contributed by atoms with van der Waals surface area (Å²) in [6.45, 7) is 7.25. The number of hydrogen-bond donors (Lipinski definition) is 1. The van der Waals surface area contributed by atoms with Gasteiger partial charge in [0.15, 0.2) is 0 Å². The Kier molecular flexibility index (Phi) is 6.12. The molecule has 0 spiro atoms. The Bertz CT molecular complexity index is 281. The Morgan fingerprint density at radius 2 is 1.81 bits per heavy atom. The Morgan fingerprint density at radius 3 is 2.38 bits per heavy atom. The van der Waals surface area contributed by atoms with Crippen LogP contribution >= 0.6 is 0 Å². The Hall–Kier alpha value is -0.860. The summed E-state index contributed by atoms with van der Waals surface area (Å²) >= 11 is 0. The van der Waals surface area contributed by atoms with Gasteiger partial charge in [-0.25, -0.2) is 0 Å². The average molecular weight is 221 g/mol. The van der Waals surface area contributed by atoms with Gasteiger partial charge in [0.2, 0.25) is 0 Å². The summed E-state index contributed by atoms with van der Waals surface area (Å²) in [5.41, 5.74) is 2.57. The fourth-order valence-electron chi connectivity index (χ4n) is 1.53. The average Bonchev–Trinajstić information content (AvgIpc) is 2.31. The van der Waals surface area contributed by atoms with Crippen molar-refractivity contribution in [2.24, 2.45) is 5.92 Å². The third kappa shape index (κ3) is 4.77. The molecule has 0 fully saturated rings. The van der Waals surface area contributed by atoms with Crippen molar-refractivity contribution < 1.29 is 4.74 Å². The van der Waals surface area contributed by atoms with Crippen LogP contribution in [-0.2, 0) is 17.9 Å². The predicted octanol–water partition coefficient (Wildman–Crippen LogP) is 2.97. The van der Waals surface area contributed by atoms with Gasteiger partial charge in [0.1, 0.15) is 0 Å². The highest BCUT2D eigenvalue weighted by Crippen LogP contribution is 2.05. The fourth-order valence-corrected chi connectivity index (χ4v) is 1.53. The van der Waals surface area contributed by atoms with Crippen molar-refractivity contribution in [1.29, 1.82) is 0 Å². The highest BCUT2D eigenvalue weighted by molar-refractivity contribution is 5.21. The van der Waals surface area contributed by atoms with Crippen molar-refractivity contribution in [1.82, 2.24) is 5.32 Å². The molecule has 0 radical (unpaired) electrons. The summed E-state index contributed by atoms with van der Waals surface area (Å²) in [7, 11) is 1.72. The molecule has 0 saturated heterocycles. The second-order valence-corrected chi connectivity index (χ2v) is 4.39. The number of benzene rings is 1. The van der Waals surface area contributed by atoms with Crippen LogP contribution in [0.15, 0.2) is 24.3 Å². The maximum absolute atomic E-state index is 5.08. The second kappa shape index (κ2) is 7.42. The number of hydrogen-bond acceptors (Lipinski definition) is 2. The van der Waals surface area contributed by atoms with Gasteiger partial charge in [0.05, 0.1) is 6.61 Å². The summed E-state index contributed by atoms with van der Waals surface area (Å²) in [6, 6.07) is 8.59. The minimum Gasteiger partial charge on any atom is -0.380 e. The maximum Gasteiger partial charge on any atom is 0.0713 e. The molecule has 1 rings (SSSR count). The molecular weight excluding hydrogens is 198 g/mol. The van der Waals surface area contributed by atoms with E-state index >= 15 is 0 Å². The highest BCUT2D eigenvalue weighted by atomic mass is 16.5. The number of ether oxygens (including phenoxy) is 1. The molecule has 2 heteroatoms. The number of rotatable bonds is 7. The largest absolute Gasteiger partial charge is 0.380 e. The standard InChI is InChI=1S/C14H23NO/c1-4-12(2)9-15-10-13-5-7-14(8-6-13)11-16-3/h5-8,12,15H,4,9-11H2,1-3H3. The minimum absolute atomic E-state index is 0.695. The normalized spacial score (nSPS) is 12.7. The van der Waals surface area contributed by atoms with Crippen LogP contribution in [0.1, 0.15) is 31.4 Å². The van der Waals surface area contributed by atoms with Crippen LogP contribution in [-0.4, -0.2) is 13.7 Å². The zero-order chi connectivity index (χ0) is 11.8. The lowest BCUT2D eigenvalue weighted by atomic mass is 10.1. The SMILES string of the molecule is CCC(C)CNCc1ccc(COC)cc1. The van der Waals surface area contributed by atoms with Gasteiger partial charge in [-0.1, -0.05) is 44.5 Å². The van der Waals surface area contributed by atoms with Crippen LogP contribution in [0, 0.1) is 5.92 Å². The number of methoxy groups -OCH3 is 1. The van der Waals surface area contributed by atoms with Gasteiger partial charge in [0, 0.05) is 13.7 Å². The van der Waals surface area contributed by atoms with E-state index < -0.39 is 0 Å². The van der Waals surface area contributed by atoms with Gasteiger partial charge < -0.3 is 10.1 Å². The van der Waals surface area contributed by atoms with Gasteiger partial charge in [0.25, 0.3) is 0 Å². The Morgan fingerprint density at radius 1 is 1.19 bits per heavy atom. The molecule has 1 aromatic carbocycles. The van der Waals surface area contributed by atoms with Crippen molar-refractivity contribution in [3.05, 3.63) is 35.4 Å². The first kappa shape index (κ1) is 13.2. The second-order valence-electron chi connectivity index (χ2n) is 4.39. The molecule has 0 amide bonds. The molecule has 2 nitrogen and oxygen atoms in total. The summed E-state index contributed by atoms with van der Waals surface area (Å²) in [4.78, 5) is 0. The zero-order valence-electron chi connectivity index (χ0n) is 10.6. The van der Waals surface area contributed by atoms with Crippen LogP contribution < -0.4 is 5.32 Å². The zero-order valence-corrected chi connectivity index (χ0v) is 10.6. The van der Waals surface area contributed by atoms with Crippen molar-refractivity contribution in [2.75, 3.05) is 13.7 Å². The molecule has 0 saturated carbocycles. The molecule has 16 heavy (non-hydrogen) atoms. The topological polar surface area (TPSA) is 21.3 Å². The molecule has 90 valence electrons. The van der Waals surface area contributed by atoms with Crippen LogP contribution in [0.25, 0.3) is 0 Å². The Balaban J connectivity index is 2.31. The van der Waals surface area contributed by atoms with E-state index in [1.807, 2.05) is 0 Å². The molecule has 0 heterocycles. The van der Waals surface area contributed by atoms with Gasteiger partial charge in [-0.15, -0.1) is 0 Å². The maximum atomic E-state index is 5.08. The van der Waals surface area contributed by atoms with Gasteiger partial charge in [-0.3, -0.25) is 0 Å². The van der Waals surface area contributed by atoms with Crippen molar-refractivity contribution in [3.8, 4) is 0 Å². The highest BCUT2D eigenvalue weighted by Gasteiger charge is 1.98. The predicted molar refractivity (Wildman–Crippen MR) is 68.3 cm³/mol. The molecule has 0 aliphatic carbocycles. The van der Waals surface area contributed by atoms with E-state index in [4.69, 9.17) is 4.74 Å². The van der Waals surface area contributed by atoms with E-state index in [1.165, 1.54) is 17.5 Å².